The molecule has 0 spiro atoms. The molecule has 1 fully saturated rings. The summed E-state index contributed by atoms with van der Waals surface area (Å²) in [6.45, 7) is 2.09. The first kappa shape index (κ1) is 12.2. The van der Waals surface area contributed by atoms with Gasteiger partial charge in [-0.15, -0.1) is 10.2 Å². The highest BCUT2D eigenvalue weighted by Crippen LogP contribution is 2.32. The van der Waals surface area contributed by atoms with Gasteiger partial charge in [-0.2, -0.15) is 0 Å². The minimum absolute atomic E-state index is 0.541. The monoisotopic (exact) mass is 256 g/mol. The summed E-state index contributed by atoms with van der Waals surface area (Å²) in [5.41, 5.74) is 8.98. The van der Waals surface area contributed by atoms with Gasteiger partial charge in [-0.3, -0.25) is 0 Å². The maximum absolute atomic E-state index is 5.90. The molecule has 1 aromatic carbocycles. The van der Waals surface area contributed by atoms with Gasteiger partial charge in [0.25, 0.3) is 0 Å². The van der Waals surface area contributed by atoms with Crippen molar-refractivity contribution in [2.45, 2.75) is 45.1 Å². The number of nitrogens with zero attached hydrogens (tertiary/aromatic N) is 3. The van der Waals surface area contributed by atoms with Gasteiger partial charge in [0.1, 0.15) is 6.33 Å². The normalized spacial score (nSPS) is 16.7. The Hall–Kier alpha value is -1.84. The van der Waals surface area contributed by atoms with Crippen molar-refractivity contribution in [3.8, 4) is 11.4 Å². The molecule has 100 valence electrons. The molecule has 1 aliphatic carbocycles. The van der Waals surface area contributed by atoms with Crippen LogP contribution in [0.15, 0.2) is 24.5 Å². The van der Waals surface area contributed by atoms with E-state index in [1.165, 1.54) is 37.7 Å². The van der Waals surface area contributed by atoms with E-state index in [0.717, 1.165) is 17.1 Å². The molecule has 4 nitrogen and oxygen atoms in total. The van der Waals surface area contributed by atoms with Crippen LogP contribution < -0.4 is 5.73 Å². The maximum Gasteiger partial charge on any atom is 0.164 e. The average Bonchev–Trinajstić information content (AvgIpc) is 2.91. The SMILES string of the molecule is Cc1ccc(N)cc1-c1nncn1C1CCCCC1. The van der Waals surface area contributed by atoms with Gasteiger partial charge in [0.2, 0.25) is 0 Å². The summed E-state index contributed by atoms with van der Waals surface area (Å²) in [6.07, 6.45) is 8.29. The highest BCUT2D eigenvalue weighted by molar-refractivity contribution is 5.65. The Balaban J connectivity index is 2.01. The third-order valence-electron chi connectivity index (χ3n) is 4.04. The standard InChI is InChI=1S/C15H20N4/c1-11-7-8-12(16)9-14(11)15-18-17-10-19(15)13-5-3-2-4-6-13/h7-10,13H,2-6,16H2,1H3. The highest BCUT2D eigenvalue weighted by atomic mass is 15.3. The summed E-state index contributed by atoms with van der Waals surface area (Å²) in [7, 11) is 0. The van der Waals surface area contributed by atoms with E-state index in [1.54, 1.807) is 0 Å². The van der Waals surface area contributed by atoms with Gasteiger partial charge in [0, 0.05) is 17.3 Å². The summed E-state index contributed by atoms with van der Waals surface area (Å²) in [6, 6.07) is 6.52. The predicted molar refractivity (Wildman–Crippen MR) is 76.7 cm³/mol. The third kappa shape index (κ3) is 2.35. The van der Waals surface area contributed by atoms with Crippen LogP contribution in [0.5, 0.6) is 0 Å². The Bertz CT molecular complexity index is 567. The number of rotatable bonds is 2. The highest BCUT2D eigenvalue weighted by Gasteiger charge is 2.20. The van der Waals surface area contributed by atoms with Crippen molar-refractivity contribution in [1.82, 2.24) is 14.8 Å². The molecule has 19 heavy (non-hydrogen) atoms. The fourth-order valence-corrected chi connectivity index (χ4v) is 2.94. The van der Waals surface area contributed by atoms with Crippen LogP contribution in [0.4, 0.5) is 5.69 Å². The van der Waals surface area contributed by atoms with Crippen LogP contribution in [-0.4, -0.2) is 14.8 Å². The number of nitrogen functional groups attached to an aromatic ring is 1. The summed E-state index contributed by atoms with van der Waals surface area (Å²) in [5.74, 6) is 0.955. The molecule has 2 aromatic rings. The van der Waals surface area contributed by atoms with Crippen LogP contribution in [0.3, 0.4) is 0 Å². The maximum atomic E-state index is 5.90. The summed E-state index contributed by atoms with van der Waals surface area (Å²) >= 11 is 0. The van der Waals surface area contributed by atoms with Crippen molar-refractivity contribution < 1.29 is 0 Å². The number of hydrogen-bond acceptors (Lipinski definition) is 3. The second kappa shape index (κ2) is 5.03. The third-order valence-corrected chi connectivity index (χ3v) is 4.04. The van der Waals surface area contributed by atoms with Crippen LogP contribution in [0.1, 0.15) is 43.7 Å². The van der Waals surface area contributed by atoms with Crippen molar-refractivity contribution in [2.24, 2.45) is 0 Å². The topological polar surface area (TPSA) is 56.7 Å². The predicted octanol–water partition coefficient (Wildman–Crippen LogP) is 3.34. The van der Waals surface area contributed by atoms with Crippen molar-refractivity contribution in [1.29, 1.82) is 0 Å². The van der Waals surface area contributed by atoms with Crippen molar-refractivity contribution in [3.63, 3.8) is 0 Å². The van der Waals surface area contributed by atoms with E-state index in [1.807, 2.05) is 24.5 Å². The van der Waals surface area contributed by atoms with Crippen LogP contribution in [0, 0.1) is 6.92 Å². The van der Waals surface area contributed by atoms with Crippen LogP contribution in [0.25, 0.3) is 11.4 Å². The Morgan fingerprint density at radius 2 is 2.00 bits per heavy atom. The van der Waals surface area contributed by atoms with E-state index >= 15 is 0 Å². The molecule has 1 aromatic heterocycles. The minimum atomic E-state index is 0.541. The van der Waals surface area contributed by atoms with Crippen molar-refractivity contribution in [2.75, 3.05) is 5.73 Å². The lowest BCUT2D eigenvalue weighted by Crippen LogP contribution is -2.13. The molecule has 1 heterocycles. The van der Waals surface area contributed by atoms with Gasteiger partial charge in [-0.25, -0.2) is 0 Å². The number of nitrogens with two attached hydrogens (primary N) is 1. The number of aromatic nitrogens is 3. The van der Waals surface area contributed by atoms with E-state index < -0.39 is 0 Å². The molecule has 1 aliphatic rings. The molecular formula is C15H20N4. The minimum Gasteiger partial charge on any atom is -0.399 e. The largest absolute Gasteiger partial charge is 0.399 e. The molecule has 3 rings (SSSR count). The van der Waals surface area contributed by atoms with E-state index in [4.69, 9.17) is 5.73 Å². The number of aryl methyl sites for hydroxylation is 1. The molecule has 1 saturated carbocycles. The lowest BCUT2D eigenvalue weighted by molar-refractivity contribution is 0.355. The second-order valence-corrected chi connectivity index (χ2v) is 5.43. The molecule has 0 saturated heterocycles. The lowest BCUT2D eigenvalue weighted by atomic mass is 9.95. The van der Waals surface area contributed by atoms with Gasteiger partial charge in [0.05, 0.1) is 0 Å². The second-order valence-electron chi connectivity index (χ2n) is 5.43. The molecule has 2 N–H and O–H groups in total. The van der Waals surface area contributed by atoms with Crippen LogP contribution >= 0.6 is 0 Å². The summed E-state index contributed by atoms with van der Waals surface area (Å²) in [4.78, 5) is 0. The zero-order valence-corrected chi connectivity index (χ0v) is 11.3. The Kier molecular flexibility index (Phi) is 3.23. The Labute approximate surface area is 113 Å². The van der Waals surface area contributed by atoms with E-state index in [2.05, 4.69) is 21.7 Å². The van der Waals surface area contributed by atoms with Crippen molar-refractivity contribution in [3.05, 3.63) is 30.1 Å². The fraction of sp³-hybridized carbons (Fsp3) is 0.467. The van der Waals surface area contributed by atoms with E-state index in [0.29, 0.717) is 6.04 Å². The van der Waals surface area contributed by atoms with E-state index in [9.17, 15) is 0 Å². The van der Waals surface area contributed by atoms with Gasteiger partial charge >= 0.3 is 0 Å². The Morgan fingerprint density at radius 1 is 1.21 bits per heavy atom. The molecule has 0 atom stereocenters. The van der Waals surface area contributed by atoms with Crippen LogP contribution in [0.2, 0.25) is 0 Å². The average molecular weight is 256 g/mol. The number of hydrogen-bond donors (Lipinski definition) is 1. The number of benzene rings is 1. The van der Waals surface area contributed by atoms with Crippen LogP contribution in [-0.2, 0) is 0 Å². The van der Waals surface area contributed by atoms with E-state index in [-0.39, 0.29) is 0 Å². The van der Waals surface area contributed by atoms with Gasteiger partial charge in [0.15, 0.2) is 5.82 Å². The molecule has 0 amide bonds. The molecule has 0 radical (unpaired) electrons. The lowest BCUT2D eigenvalue weighted by Gasteiger charge is -2.24. The fourth-order valence-electron chi connectivity index (χ4n) is 2.94. The number of anilines is 1. The first-order valence-electron chi connectivity index (χ1n) is 7.02. The first-order valence-corrected chi connectivity index (χ1v) is 7.02. The first-order chi connectivity index (χ1) is 9.25. The quantitative estimate of drug-likeness (QED) is 0.838. The summed E-state index contributed by atoms with van der Waals surface area (Å²) < 4.78 is 2.24. The van der Waals surface area contributed by atoms with Gasteiger partial charge in [-0.05, 0) is 37.5 Å². The zero-order valence-electron chi connectivity index (χ0n) is 11.3. The molecule has 0 aliphatic heterocycles. The zero-order chi connectivity index (χ0) is 13.2. The molecule has 4 heteroatoms. The summed E-state index contributed by atoms with van der Waals surface area (Å²) in [5, 5.41) is 8.44. The molecule has 0 unspecified atom stereocenters. The Morgan fingerprint density at radius 3 is 2.79 bits per heavy atom. The smallest absolute Gasteiger partial charge is 0.164 e. The van der Waals surface area contributed by atoms with Gasteiger partial charge < -0.3 is 10.3 Å². The van der Waals surface area contributed by atoms with Gasteiger partial charge in [-0.1, -0.05) is 25.3 Å². The van der Waals surface area contributed by atoms with Crippen molar-refractivity contribution >= 4 is 5.69 Å². The molecule has 0 bridgehead atoms. The molecular weight excluding hydrogens is 236 g/mol.